The van der Waals surface area contributed by atoms with Gasteiger partial charge in [0, 0.05) is 0 Å². The van der Waals surface area contributed by atoms with Crippen LogP contribution < -0.4 is 5.32 Å². The van der Waals surface area contributed by atoms with E-state index in [4.69, 9.17) is 4.42 Å². The number of hydrogen-bond acceptors (Lipinski definition) is 2. The average molecular weight is 249 g/mol. The zero-order chi connectivity index (χ0) is 13.0. The molecule has 0 amide bonds. The first-order valence-corrected chi connectivity index (χ1v) is 7.50. The van der Waals surface area contributed by atoms with Gasteiger partial charge >= 0.3 is 0 Å². The van der Waals surface area contributed by atoms with Gasteiger partial charge in [-0.15, -0.1) is 0 Å². The Hall–Kier alpha value is -0.760. The summed E-state index contributed by atoms with van der Waals surface area (Å²) in [5, 5.41) is 3.69. The quantitative estimate of drug-likeness (QED) is 0.833. The molecule has 1 fully saturated rings. The molecule has 2 heteroatoms. The zero-order valence-electron chi connectivity index (χ0n) is 12.0. The Kier molecular flexibility index (Phi) is 4.87. The van der Waals surface area contributed by atoms with E-state index in [0.717, 1.165) is 29.9 Å². The Morgan fingerprint density at radius 3 is 2.56 bits per heavy atom. The van der Waals surface area contributed by atoms with E-state index in [1.807, 2.05) is 6.92 Å². The van der Waals surface area contributed by atoms with Crippen LogP contribution in [0.5, 0.6) is 0 Å². The maximum atomic E-state index is 5.86. The van der Waals surface area contributed by atoms with Gasteiger partial charge in [-0.2, -0.15) is 0 Å². The van der Waals surface area contributed by atoms with E-state index in [1.54, 1.807) is 0 Å². The summed E-state index contributed by atoms with van der Waals surface area (Å²) >= 11 is 0. The van der Waals surface area contributed by atoms with Crippen molar-refractivity contribution in [3.8, 4) is 0 Å². The smallest absolute Gasteiger partial charge is 0.121 e. The van der Waals surface area contributed by atoms with Crippen molar-refractivity contribution in [3.05, 3.63) is 23.7 Å². The standard InChI is InChI=1S/C16H27NO/c1-4-11-17-16(15-10-7-13(3)18-15)14-8-5-12(2)6-9-14/h7,10,12,14,16-17H,4-6,8-9,11H2,1-3H3. The fraction of sp³-hybridized carbons (Fsp3) is 0.750. The third kappa shape index (κ3) is 3.38. The van der Waals surface area contributed by atoms with Gasteiger partial charge in [0.2, 0.25) is 0 Å². The molecular formula is C16H27NO. The summed E-state index contributed by atoms with van der Waals surface area (Å²) < 4.78 is 5.86. The topological polar surface area (TPSA) is 25.2 Å². The molecule has 0 radical (unpaired) electrons. The Labute approximate surface area is 111 Å². The lowest BCUT2D eigenvalue weighted by atomic mass is 9.78. The second kappa shape index (κ2) is 6.42. The molecule has 1 saturated carbocycles. The van der Waals surface area contributed by atoms with Gasteiger partial charge in [0.05, 0.1) is 6.04 Å². The van der Waals surface area contributed by atoms with E-state index in [-0.39, 0.29) is 0 Å². The zero-order valence-corrected chi connectivity index (χ0v) is 12.0. The normalized spacial score (nSPS) is 26.2. The van der Waals surface area contributed by atoms with Crippen LogP contribution in [-0.2, 0) is 0 Å². The van der Waals surface area contributed by atoms with Crippen LogP contribution in [0.2, 0.25) is 0 Å². The van der Waals surface area contributed by atoms with E-state index in [1.165, 1.54) is 32.1 Å². The summed E-state index contributed by atoms with van der Waals surface area (Å²) in [7, 11) is 0. The van der Waals surface area contributed by atoms with Crippen molar-refractivity contribution in [1.29, 1.82) is 0 Å². The van der Waals surface area contributed by atoms with Crippen molar-refractivity contribution >= 4 is 0 Å². The van der Waals surface area contributed by atoms with Gasteiger partial charge in [-0.05, 0) is 56.7 Å². The molecule has 0 spiro atoms. The molecule has 1 aliphatic carbocycles. The molecule has 1 N–H and O–H groups in total. The third-order valence-electron chi connectivity index (χ3n) is 4.21. The lowest BCUT2D eigenvalue weighted by Crippen LogP contribution is -2.31. The van der Waals surface area contributed by atoms with Crippen LogP contribution in [0.3, 0.4) is 0 Å². The SMILES string of the molecule is CCCNC(c1ccc(C)o1)C1CCC(C)CC1. The van der Waals surface area contributed by atoms with Crippen LogP contribution in [0.15, 0.2) is 16.5 Å². The number of aryl methyl sites for hydroxylation is 1. The molecule has 18 heavy (non-hydrogen) atoms. The molecular weight excluding hydrogens is 222 g/mol. The molecule has 102 valence electrons. The van der Waals surface area contributed by atoms with Gasteiger partial charge in [0.15, 0.2) is 0 Å². The van der Waals surface area contributed by atoms with Crippen LogP contribution in [0.4, 0.5) is 0 Å². The largest absolute Gasteiger partial charge is 0.465 e. The molecule has 0 aliphatic heterocycles. The maximum Gasteiger partial charge on any atom is 0.121 e. The van der Waals surface area contributed by atoms with Gasteiger partial charge in [-0.25, -0.2) is 0 Å². The van der Waals surface area contributed by atoms with E-state index >= 15 is 0 Å². The fourth-order valence-electron chi connectivity index (χ4n) is 3.04. The molecule has 1 atom stereocenters. The van der Waals surface area contributed by atoms with Crippen LogP contribution in [0.1, 0.15) is 63.5 Å². The highest BCUT2D eigenvalue weighted by atomic mass is 16.3. The van der Waals surface area contributed by atoms with Crippen molar-refractivity contribution in [1.82, 2.24) is 5.32 Å². The predicted molar refractivity (Wildman–Crippen MR) is 75.6 cm³/mol. The molecule has 1 aromatic heterocycles. The van der Waals surface area contributed by atoms with Gasteiger partial charge in [-0.1, -0.05) is 26.7 Å². The van der Waals surface area contributed by atoms with Gasteiger partial charge in [-0.3, -0.25) is 0 Å². The van der Waals surface area contributed by atoms with Gasteiger partial charge in [0.1, 0.15) is 11.5 Å². The van der Waals surface area contributed by atoms with Crippen molar-refractivity contribution in [2.24, 2.45) is 11.8 Å². The predicted octanol–water partition coefficient (Wildman–Crippen LogP) is 4.46. The number of hydrogen-bond donors (Lipinski definition) is 1. The third-order valence-corrected chi connectivity index (χ3v) is 4.21. The Morgan fingerprint density at radius 1 is 1.28 bits per heavy atom. The molecule has 1 unspecified atom stereocenters. The fourth-order valence-corrected chi connectivity index (χ4v) is 3.04. The minimum absolute atomic E-state index is 0.422. The summed E-state index contributed by atoms with van der Waals surface area (Å²) in [6.45, 7) is 7.71. The van der Waals surface area contributed by atoms with Crippen LogP contribution >= 0.6 is 0 Å². The average Bonchev–Trinajstić information content (AvgIpc) is 2.78. The Balaban J connectivity index is 2.04. The first-order chi connectivity index (χ1) is 8.70. The highest BCUT2D eigenvalue weighted by molar-refractivity contribution is 5.11. The van der Waals surface area contributed by atoms with E-state index in [0.29, 0.717) is 6.04 Å². The Bertz CT molecular complexity index is 350. The van der Waals surface area contributed by atoms with Gasteiger partial charge in [0.25, 0.3) is 0 Å². The lowest BCUT2D eigenvalue weighted by molar-refractivity contribution is 0.211. The number of furan rings is 1. The minimum atomic E-state index is 0.422. The monoisotopic (exact) mass is 249 g/mol. The number of nitrogens with one attached hydrogen (secondary N) is 1. The van der Waals surface area contributed by atoms with Crippen LogP contribution in [0, 0.1) is 18.8 Å². The van der Waals surface area contributed by atoms with E-state index < -0.39 is 0 Å². The maximum absolute atomic E-state index is 5.86. The van der Waals surface area contributed by atoms with Crippen molar-refractivity contribution in [2.75, 3.05) is 6.54 Å². The Morgan fingerprint density at radius 2 is 2.00 bits per heavy atom. The summed E-state index contributed by atoms with van der Waals surface area (Å²) in [6.07, 6.45) is 6.59. The van der Waals surface area contributed by atoms with E-state index in [9.17, 15) is 0 Å². The van der Waals surface area contributed by atoms with Crippen molar-refractivity contribution < 1.29 is 4.42 Å². The molecule has 2 nitrogen and oxygen atoms in total. The summed E-state index contributed by atoms with van der Waals surface area (Å²) in [4.78, 5) is 0. The molecule has 0 aromatic carbocycles. The van der Waals surface area contributed by atoms with Crippen molar-refractivity contribution in [3.63, 3.8) is 0 Å². The van der Waals surface area contributed by atoms with Crippen LogP contribution in [0.25, 0.3) is 0 Å². The molecule has 1 aliphatic rings. The van der Waals surface area contributed by atoms with Crippen LogP contribution in [-0.4, -0.2) is 6.54 Å². The highest BCUT2D eigenvalue weighted by Gasteiger charge is 2.28. The molecule has 1 aromatic rings. The lowest BCUT2D eigenvalue weighted by Gasteiger charge is -2.32. The van der Waals surface area contributed by atoms with E-state index in [2.05, 4.69) is 31.3 Å². The van der Waals surface area contributed by atoms with Crippen molar-refractivity contribution in [2.45, 2.75) is 58.9 Å². The first kappa shape index (κ1) is 13.7. The first-order valence-electron chi connectivity index (χ1n) is 7.50. The summed E-state index contributed by atoms with van der Waals surface area (Å²) in [6, 6.07) is 4.66. The molecule has 2 rings (SSSR count). The van der Waals surface area contributed by atoms with Gasteiger partial charge < -0.3 is 9.73 Å². The molecule has 0 bridgehead atoms. The molecule has 0 saturated heterocycles. The summed E-state index contributed by atoms with van der Waals surface area (Å²) in [5.41, 5.74) is 0. The second-order valence-electron chi connectivity index (χ2n) is 5.90. The number of rotatable bonds is 5. The molecule has 1 heterocycles. The second-order valence-corrected chi connectivity index (χ2v) is 5.90. The highest BCUT2D eigenvalue weighted by Crippen LogP contribution is 2.37. The summed E-state index contributed by atoms with van der Waals surface area (Å²) in [5.74, 6) is 3.82. The minimum Gasteiger partial charge on any atom is -0.465 e.